The summed E-state index contributed by atoms with van der Waals surface area (Å²) in [7, 11) is 0. The van der Waals surface area contributed by atoms with Crippen molar-refractivity contribution in [3.05, 3.63) is 0 Å². The molecule has 2 saturated heterocycles. The monoisotopic (exact) mass is 351 g/mol. The third-order valence-corrected chi connectivity index (χ3v) is 5.42. The summed E-state index contributed by atoms with van der Waals surface area (Å²) < 4.78 is 0. The van der Waals surface area contributed by atoms with Gasteiger partial charge in [0.2, 0.25) is 5.91 Å². The van der Waals surface area contributed by atoms with Gasteiger partial charge in [0.05, 0.1) is 0 Å². The molecule has 0 radical (unpaired) electrons. The van der Waals surface area contributed by atoms with Gasteiger partial charge in [-0.05, 0) is 52.6 Å². The predicted molar refractivity (Wildman–Crippen MR) is 104 cm³/mol. The van der Waals surface area contributed by atoms with Gasteiger partial charge in [-0.2, -0.15) is 0 Å². The van der Waals surface area contributed by atoms with Crippen molar-refractivity contribution < 1.29 is 4.79 Å². The molecule has 25 heavy (non-hydrogen) atoms. The van der Waals surface area contributed by atoms with Crippen LogP contribution in [0, 0.1) is 0 Å². The van der Waals surface area contributed by atoms with Crippen molar-refractivity contribution in [2.45, 2.75) is 58.9 Å². The van der Waals surface area contributed by atoms with Crippen molar-refractivity contribution in [3.63, 3.8) is 0 Å². The molecule has 2 aliphatic heterocycles. The molecule has 2 heterocycles. The SMILES string of the molecule is CCNC(=NCCCCN1CCCCC1C)N1CCN(C(C)=O)CC1. The molecule has 2 rings (SSSR count). The minimum absolute atomic E-state index is 0.175. The molecule has 144 valence electrons. The van der Waals surface area contributed by atoms with Gasteiger partial charge in [-0.3, -0.25) is 9.79 Å². The molecule has 1 amide bonds. The van der Waals surface area contributed by atoms with Crippen LogP contribution < -0.4 is 5.32 Å². The number of amides is 1. The van der Waals surface area contributed by atoms with Crippen LogP contribution in [0.2, 0.25) is 0 Å². The zero-order valence-corrected chi connectivity index (χ0v) is 16.5. The number of carbonyl (C=O) groups excluding carboxylic acids is 1. The Morgan fingerprint density at radius 2 is 1.80 bits per heavy atom. The smallest absolute Gasteiger partial charge is 0.219 e. The Morgan fingerprint density at radius 3 is 2.44 bits per heavy atom. The van der Waals surface area contributed by atoms with Gasteiger partial charge in [0, 0.05) is 52.2 Å². The highest BCUT2D eigenvalue weighted by Gasteiger charge is 2.21. The Labute approximate surface area is 153 Å². The Hall–Kier alpha value is -1.30. The van der Waals surface area contributed by atoms with Crippen LogP contribution in [0.3, 0.4) is 0 Å². The van der Waals surface area contributed by atoms with E-state index in [4.69, 9.17) is 4.99 Å². The maximum atomic E-state index is 11.5. The molecule has 1 atom stereocenters. The quantitative estimate of drug-likeness (QED) is 0.450. The van der Waals surface area contributed by atoms with E-state index >= 15 is 0 Å². The fourth-order valence-electron chi connectivity index (χ4n) is 3.76. The van der Waals surface area contributed by atoms with Crippen molar-refractivity contribution in [3.8, 4) is 0 Å². The number of nitrogens with one attached hydrogen (secondary N) is 1. The number of piperidine rings is 1. The maximum Gasteiger partial charge on any atom is 0.219 e. The number of likely N-dealkylation sites (tertiary alicyclic amines) is 1. The van der Waals surface area contributed by atoms with Crippen LogP contribution in [-0.4, -0.2) is 85.0 Å². The molecular weight excluding hydrogens is 314 g/mol. The van der Waals surface area contributed by atoms with Crippen LogP contribution in [0.4, 0.5) is 0 Å². The van der Waals surface area contributed by atoms with Gasteiger partial charge in [-0.25, -0.2) is 0 Å². The lowest BCUT2D eigenvalue weighted by Crippen LogP contribution is -2.53. The number of nitrogens with zero attached hydrogens (tertiary/aromatic N) is 4. The molecule has 2 aliphatic rings. The highest BCUT2D eigenvalue weighted by molar-refractivity contribution is 5.80. The Kier molecular flexibility index (Phi) is 8.52. The average Bonchev–Trinajstić information content (AvgIpc) is 2.62. The second-order valence-electron chi connectivity index (χ2n) is 7.32. The summed E-state index contributed by atoms with van der Waals surface area (Å²) in [6.45, 7) is 13.7. The normalized spacial score (nSPS) is 23.0. The lowest BCUT2D eigenvalue weighted by atomic mass is 10.0. The fraction of sp³-hybridized carbons (Fsp3) is 0.895. The van der Waals surface area contributed by atoms with Gasteiger partial charge in [-0.1, -0.05) is 6.42 Å². The maximum absolute atomic E-state index is 11.5. The van der Waals surface area contributed by atoms with Crippen molar-refractivity contribution in [1.82, 2.24) is 20.0 Å². The second kappa shape index (κ2) is 10.6. The number of hydrogen-bond donors (Lipinski definition) is 1. The summed E-state index contributed by atoms with van der Waals surface area (Å²) in [6.07, 6.45) is 6.48. The molecule has 2 fully saturated rings. The Bertz CT molecular complexity index is 432. The number of hydrogen-bond acceptors (Lipinski definition) is 3. The van der Waals surface area contributed by atoms with E-state index in [1.54, 1.807) is 6.92 Å². The predicted octanol–water partition coefficient (Wildman–Crippen LogP) is 1.77. The van der Waals surface area contributed by atoms with E-state index in [0.717, 1.165) is 57.7 Å². The molecule has 0 aromatic rings. The number of rotatable bonds is 6. The van der Waals surface area contributed by atoms with Crippen LogP contribution in [0.25, 0.3) is 0 Å². The van der Waals surface area contributed by atoms with Crippen LogP contribution in [0.15, 0.2) is 4.99 Å². The molecule has 0 saturated carbocycles. The molecule has 0 bridgehead atoms. The summed E-state index contributed by atoms with van der Waals surface area (Å²) in [6, 6.07) is 0.757. The van der Waals surface area contributed by atoms with Crippen LogP contribution >= 0.6 is 0 Å². The number of aliphatic imine (C=N–C) groups is 1. The summed E-state index contributed by atoms with van der Waals surface area (Å²) in [4.78, 5) is 23.1. The topological polar surface area (TPSA) is 51.2 Å². The molecule has 0 spiro atoms. The van der Waals surface area contributed by atoms with Crippen molar-refractivity contribution in [2.75, 3.05) is 52.4 Å². The molecule has 1 unspecified atom stereocenters. The van der Waals surface area contributed by atoms with E-state index in [2.05, 4.69) is 29.0 Å². The van der Waals surface area contributed by atoms with Crippen LogP contribution in [-0.2, 0) is 4.79 Å². The first kappa shape index (κ1) is 20.0. The van der Waals surface area contributed by atoms with Crippen molar-refractivity contribution in [1.29, 1.82) is 0 Å². The zero-order valence-electron chi connectivity index (χ0n) is 16.5. The lowest BCUT2D eigenvalue weighted by Gasteiger charge is -2.36. The molecule has 6 heteroatoms. The highest BCUT2D eigenvalue weighted by atomic mass is 16.2. The van der Waals surface area contributed by atoms with E-state index in [0.29, 0.717) is 0 Å². The van der Waals surface area contributed by atoms with Gasteiger partial charge in [-0.15, -0.1) is 0 Å². The Morgan fingerprint density at radius 1 is 1.08 bits per heavy atom. The van der Waals surface area contributed by atoms with E-state index in [1.807, 2.05) is 4.90 Å². The number of guanidine groups is 1. The lowest BCUT2D eigenvalue weighted by molar-refractivity contribution is -0.130. The number of piperazine rings is 1. The highest BCUT2D eigenvalue weighted by Crippen LogP contribution is 2.16. The summed E-state index contributed by atoms with van der Waals surface area (Å²) >= 11 is 0. The van der Waals surface area contributed by atoms with Gasteiger partial charge in [0.1, 0.15) is 0 Å². The third kappa shape index (κ3) is 6.49. The minimum atomic E-state index is 0.175. The zero-order chi connectivity index (χ0) is 18.1. The van der Waals surface area contributed by atoms with Crippen molar-refractivity contribution in [2.24, 2.45) is 4.99 Å². The fourth-order valence-corrected chi connectivity index (χ4v) is 3.76. The second-order valence-corrected chi connectivity index (χ2v) is 7.32. The molecule has 1 N–H and O–H groups in total. The van der Waals surface area contributed by atoms with Gasteiger partial charge >= 0.3 is 0 Å². The van der Waals surface area contributed by atoms with E-state index in [1.165, 1.54) is 38.8 Å². The molecule has 0 aliphatic carbocycles. The molecule has 0 aromatic carbocycles. The van der Waals surface area contributed by atoms with E-state index < -0.39 is 0 Å². The third-order valence-electron chi connectivity index (χ3n) is 5.42. The van der Waals surface area contributed by atoms with E-state index in [-0.39, 0.29) is 5.91 Å². The summed E-state index contributed by atoms with van der Waals surface area (Å²) in [5, 5.41) is 3.41. The minimum Gasteiger partial charge on any atom is -0.357 e. The van der Waals surface area contributed by atoms with E-state index in [9.17, 15) is 4.79 Å². The Balaban J connectivity index is 1.71. The average molecular weight is 352 g/mol. The molecular formula is C19H37N5O. The summed E-state index contributed by atoms with van der Waals surface area (Å²) in [5.41, 5.74) is 0. The van der Waals surface area contributed by atoms with Gasteiger partial charge < -0.3 is 20.0 Å². The van der Waals surface area contributed by atoms with Crippen LogP contribution in [0.1, 0.15) is 52.9 Å². The largest absolute Gasteiger partial charge is 0.357 e. The summed E-state index contributed by atoms with van der Waals surface area (Å²) in [5.74, 6) is 1.19. The molecule has 6 nitrogen and oxygen atoms in total. The molecule has 0 aromatic heterocycles. The van der Waals surface area contributed by atoms with Crippen molar-refractivity contribution >= 4 is 11.9 Å². The van der Waals surface area contributed by atoms with Crippen LogP contribution in [0.5, 0.6) is 0 Å². The van der Waals surface area contributed by atoms with Gasteiger partial charge in [0.15, 0.2) is 5.96 Å². The first-order chi connectivity index (χ1) is 12.1. The first-order valence-electron chi connectivity index (χ1n) is 10.1. The number of unbranched alkanes of at least 4 members (excludes halogenated alkanes) is 1. The number of carbonyl (C=O) groups is 1. The standard InChI is InChI=1S/C19H37N5O/c1-4-20-19(24-15-13-23(14-16-24)18(3)25)21-10-6-8-12-22-11-7-5-9-17(22)2/h17H,4-16H2,1-3H3,(H,20,21). The van der Waals surface area contributed by atoms with Gasteiger partial charge in [0.25, 0.3) is 0 Å². The first-order valence-corrected chi connectivity index (χ1v) is 10.1.